The van der Waals surface area contributed by atoms with Crippen LogP contribution in [0, 0.1) is 24.0 Å². The van der Waals surface area contributed by atoms with E-state index in [1.54, 1.807) is 24.7 Å². The smallest absolute Gasteiger partial charge is 0.229 e. The fraction of sp³-hybridized carbons (Fsp3) is 0.406. The van der Waals surface area contributed by atoms with E-state index in [-0.39, 0.29) is 46.3 Å². The monoisotopic (exact) mass is 659 g/mol. The summed E-state index contributed by atoms with van der Waals surface area (Å²) >= 11 is 1.33. The number of aromatic nitrogens is 8. The maximum absolute atomic E-state index is 15.0. The van der Waals surface area contributed by atoms with Crippen LogP contribution in [0.5, 0.6) is 0 Å². The maximum atomic E-state index is 15.0. The van der Waals surface area contributed by atoms with Gasteiger partial charge in [0.1, 0.15) is 32.9 Å². The molecule has 0 radical (unpaired) electrons. The zero-order valence-electron chi connectivity index (χ0n) is 26.5. The first-order valence-electron chi connectivity index (χ1n) is 15.5. The second-order valence-electron chi connectivity index (χ2n) is 12.4. The number of hydrogen-bond donors (Lipinski definition) is 2. The lowest BCUT2D eigenvalue weighted by atomic mass is 9.73. The molecule has 2 aliphatic rings. The van der Waals surface area contributed by atoms with Gasteiger partial charge >= 0.3 is 0 Å². The Morgan fingerprint density at radius 2 is 1.70 bits per heavy atom. The fourth-order valence-corrected chi connectivity index (χ4v) is 7.16. The molecule has 0 aliphatic carbocycles. The average Bonchev–Trinajstić information content (AvgIpc) is 3.55. The Labute approximate surface area is 274 Å². The number of hydrogen-bond acceptors (Lipinski definition) is 12. The summed E-state index contributed by atoms with van der Waals surface area (Å²) in [4.78, 5) is 33.0. The van der Waals surface area contributed by atoms with Gasteiger partial charge < -0.3 is 25.3 Å². The highest BCUT2D eigenvalue weighted by Gasteiger charge is 2.47. The molecule has 6 heterocycles. The predicted molar refractivity (Wildman–Crippen MR) is 175 cm³/mol. The Balaban J connectivity index is 1.01. The second kappa shape index (κ2) is 12.4. The van der Waals surface area contributed by atoms with Crippen LogP contribution in [0.3, 0.4) is 0 Å². The molecule has 2 aliphatic heterocycles. The van der Waals surface area contributed by atoms with Gasteiger partial charge in [0.15, 0.2) is 17.5 Å². The fourth-order valence-electron chi connectivity index (χ4n) is 6.52. The molecule has 12 nitrogen and oxygen atoms in total. The number of ether oxygens (including phenoxy) is 1. The van der Waals surface area contributed by atoms with Crippen LogP contribution in [-0.2, 0) is 4.74 Å². The number of aryl methyl sites for hydroxylation is 1. The summed E-state index contributed by atoms with van der Waals surface area (Å²) in [6.07, 6.45) is 9.69. The minimum atomic E-state index is -0.682. The summed E-state index contributed by atoms with van der Waals surface area (Å²) in [6, 6.07) is 3.03. The molecule has 244 valence electrons. The van der Waals surface area contributed by atoms with Crippen LogP contribution in [0.15, 0.2) is 53.2 Å². The summed E-state index contributed by atoms with van der Waals surface area (Å²) in [5, 5.41) is 4.25. The van der Waals surface area contributed by atoms with Gasteiger partial charge in [-0.05, 0) is 64.4 Å². The van der Waals surface area contributed by atoms with E-state index in [1.165, 1.54) is 24.0 Å². The largest absolute Gasteiger partial charge is 0.376 e. The Morgan fingerprint density at radius 1 is 0.957 bits per heavy atom. The third-order valence-electron chi connectivity index (χ3n) is 9.08. The van der Waals surface area contributed by atoms with Gasteiger partial charge in [0, 0.05) is 36.2 Å². The summed E-state index contributed by atoms with van der Waals surface area (Å²) in [5.74, 6) is 0.716. The van der Waals surface area contributed by atoms with Gasteiger partial charge in [-0.1, -0.05) is 0 Å². The molecule has 47 heavy (non-hydrogen) atoms. The molecule has 0 saturated carbocycles. The van der Waals surface area contributed by atoms with Crippen LogP contribution in [0.2, 0.25) is 0 Å². The summed E-state index contributed by atoms with van der Waals surface area (Å²) in [5.41, 5.74) is 7.54. The van der Waals surface area contributed by atoms with Crippen molar-refractivity contribution in [2.75, 3.05) is 29.9 Å². The Hall–Kier alpha value is -4.34. The number of benzene rings is 1. The van der Waals surface area contributed by atoms with E-state index in [4.69, 9.17) is 10.5 Å². The molecule has 1 spiro atoms. The van der Waals surface area contributed by atoms with Crippen molar-refractivity contribution in [3.8, 4) is 11.3 Å². The molecule has 4 aromatic heterocycles. The number of piperidine rings is 1. The third kappa shape index (κ3) is 5.98. The summed E-state index contributed by atoms with van der Waals surface area (Å²) in [6.45, 7) is 10.3. The third-order valence-corrected chi connectivity index (χ3v) is 9.92. The standard InChI is InChI=1S/C32H35F2N11OS/c1-17(2)45-19(4)41-29-21(33)9-20(10-23(29)45)28-22(34)11-40-31(43-28)42-24-12-38-26(14-36-24)47-27-15-37-25(13-39-27)44-7-5-32(6-8-44)16-46-18(3)30(32)35/h9-15,17-18,30H,5-8,16,35H2,1-4H3,(H,36,40,42,43)/t18-,30+/m0/s1. The van der Waals surface area contributed by atoms with Crippen molar-refractivity contribution in [2.45, 2.75) is 68.8 Å². The Bertz CT molecular complexity index is 1910. The number of fused-ring (bicyclic) bond motifs is 1. The first kappa shape index (κ1) is 31.3. The number of nitrogens with zero attached hydrogens (tertiary/aromatic N) is 9. The first-order valence-corrected chi connectivity index (χ1v) is 16.3. The van der Waals surface area contributed by atoms with Crippen LogP contribution < -0.4 is 16.0 Å². The number of nitrogens with two attached hydrogens (primary N) is 1. The van der Waals surface area contributed by atoms with Gasteiger partial charge in [0.2, 0.25) is 5.95 Å². The predicted octanol–water partition coefficient (Wildman–Crippen LogP) is 5.47. The number of nitrogens with one attached hydrogen (secondary N) is 1. The van der Waals surface area contributed by atoms with Crippen LogP contribution in [0.4, 0.5) is 26.4 Å². The van der Waals surface area contributed by atoms with Crippen LogP contribution in [0.1, 0.15) is 45.5 Å². The Kier molecular flexibility index (Phi) is 8.22. The van der Waals surface area contributed by atoms with Gasteiger partial charge in [-0.3, -0.25) is 0 Å². The topological polar surface area (TPSA) is 146 Å². The van der Waals surface area contributed by atoms with Crippen LogP contribution in [0.25, 0.3) is 22.3 Å². The highest BCUT2D eigenvalue weighted by molar-refractivity contribution is 7.99. The zero-order chi connectivity index (χ0) is 32.9. The molecule has 2 atom stereocenters. The zero-order valence-corrected chi connectivity index (χ0v) is 27.3. The number of rotatable bonds is 7. The molecule has 15 heteroatoms. The molecule has 5 aromatic rings. The lowest BCUT2D eigenvalue weighted by Crippen LogP contribution is -2.50. The molecular formula is C32H35F2N11OS. The SMILES string of the molecule is Cc1nc2c(F)cc(-c3nc(Nc4cnc(Sc5cnc(N6CCC7(CC6)CO[C@@H](C)[C@H]7N)cn5)cn4)ncc3F)cc2n1C(C)C. The van der Waals surface area contributed by atoms with E-state index >= 15 is 4.39 Å². The molecule has 1 aromatic carbocycles. The average molecular weight is 660 g/mol. The molecule has 0 unspecified atom stereocenters. The lowest BCUT2D eigenvalue weighted by molar-refractivity contribution is 0.0974. The van der Waals surface area contributed by atoms with E-state index < -0.39 is 11.6 Å². The van der Waals surface area contributed by atoms with Gasteiger partial charge in [0.05, 0.1) is 49.2 Å². The number of imidazole rings is 1. The summed E-state index contributed by atoms with van der Waals surface area (Å²) in [7, 11) is 0. The number of anilines is 3. The van der Waals surface area contributed by atoms with Crippen molar-refractivity contribution in [3.05, 3.63) is 60.6 Å². The highest BCUT2D eigenvalue weighted by atomic mass is 32.2. The van der Waals surface area contributed by atoms with E-state index in [0.29, 0.717) is 27.2 Å². The molecule has 7 rings (SSSR count). The van der Waals surface area contributed by atoms with Gasteiger partial charge in [0.25, 0.3) is 0 Å². The van der Waals surface area contributed by atoms with Crippen molar-refractivity contribution < 1.29 is 13.5 Å². The first-order chi connectivity index (χ1) is 22.6. The number of halogens is 2. The van der Waals surface area contributed by atoms with Crippen molar-refractivity contribution in [1.29, 1.82) is 0 Å². The molecule has 2 fully saturated rings. The van der Waals surface area contributed by atoms with E-state index in [1.807, 2.05) is 25.3 Å². The van der Waals surface area contributed by atoms with Crippen molar-refractivity contribution >= 4 is 40.4 Å². The van der Waals surface area contributed by atoms with Crippen molar-refractivity contribution in [1.82, 2.24) is 39.5 Å². The Morgan fingerprint density at radius 3 is 2.34 bits per heavy atom. The van der Waals surface area contributed by atoms with Crippen molar-refractivity contribution in [3.63, 3.8) is 0 Å². The van der Waals surface area contributed by atoms with Gasteiger partial charge in [-0.2, -0.15) is 0 Å². The summed E-state index contributed by atoms with van der Waals surface area (Å²) < 4.78 is 37.7. The normalized spacial score (nSPS) is 19.3. The quantitative estimate of drug-likeness (QED) is 0.229. The van der Waals surface area contributed by atoms with Gasteiger partial charge in [-0.15, -0.1) is 0 Å². The highest BCUT2D eigenvalue weighted by Crippen LogP contribution is 2.42. The molecular weight excluding hydrogens is 624 g/mol. The van der Waals surface area contributed by atoms with E-state index in [9.17, 15) is 4.39 Å². The lowest BCUT2D eigenvalue weighted by Gasteiger charge is -2.41. The molecule has 2 saturated heterocycles. The maximum Gasteiger partial charge on any atom is 0.229 e. The van der Waals surface area contributed by atoms with Gasteiger partial charge in [-0.25, -0.2) is 43.7 Å². The van der Waals surface area contributed by atoms with Crippen molar-refractivity contribution in [2.24, 2.45) is 11.1 Å². The minimum absolute atomic E-state index is 0.0396. The van der Waals surface area contributed by atoms with Crippen LogP contribution in [-0.4, -0.2) is 71.3 Å². The second-order valence-corrected chi connectivity index (χ2v) is 13.5. The van der Waals surface area contributed by atoms with E-state index in [2.05, 4.69) is 52.0 Å². The minimum Gasteiger partial charge on any atom is -0.376 e. The molecule has 0 bridgehead atoms. The van der Waals surface area contributed by atoms with E-state index in [0.717, 1.165) is 44.6 Å². The molecule has 3 N–H and O–H groups in total. The molecule has 0 amide bonds. The van der Waals surface area contributed by atoms with Crippen LogP contribution >= 0.6 is 11.8 Å².